The van der Waals surface area contributed by atoms with Crippen LogP contribution in [0.25, 0.3) is 0 Å². The number of carbonyl (C=O) groups is 1. The van der Waals surface area contributed by atoms with Crippen LogP contribution in [0.15, 0.2) is 11.2 Å². The van der Waals surface area contributed by atoms with Gasteiger partial charge in [-0.15, -0.1) is 5.10 Å². The number of Topliss-reactive ketones (excluding diaryl/α,β-unsaturated/α-hetero) is 1. The van der Waals surface area contributed by atoms with Gasteiger partial charge in [0.25, 0.3) is 0 Å². The third-order valence-electron chi connectivity index (χ3n) is 5.05. The highest BCUT2D eigenvalue weighted by Gasteiger charge is 2.32. The molecule has 140 valence electrons. The average Bonchev–Trinajstić information content (AvgIpc) is 3.10. The Morgan fingerprint density at radius 2 is 2.04 bits per heavy atom. The van der Waals surface area contributed by atoms with Crippen LogP contribution in [-0.4, -0.2) is 56.2 Å². The Morgan fingerprint density at radius 1 is 1.27 bits per heavy atom. The van der Waals surface area contributed by atoms with E-state index in [1.807, 2.05) is 24.5 Å². The molecule has 2 aliphatic rings. The number of tetrazole rings is 1. The largest absolute Gasteiger partial charge is 0.344 e. The van der Waals surface area contributed by atoms with Crippen molar-refractivity contribution in [3.8, 4) is 0 Å². The highest BCUT2D eigenvalue weighted by atomic mass is 32.2. The first kappa shape index (κ1) is 17.7. The van der Waals surface area contributed by atoms with Crippen molar-refractivity contribution >= 4 is 27.4 Å². The maximum atomic E-state index is 12.7. The molecule has 3 heterocycles. The Morgan fingerprint density at radius 3 is 2.69 bits per heavy atom. The minimum Gasteiger partial charge on any atom is -0.344 e. The zero-order valence-corrected chi connectivity index (χ0v) is 16.4. The second kappa shape index (κ2) is 6.49. The van der Waals surface area contributed by atoms with E-state index in [0.29, 0.717) is 23.2 Å². The van der Waals surface area contributed by atoms with Gasteiger partial charge in [-0.05, 0) is 49.6 Å². The fourth-order valence-corrected chi connectivity index (χ4v) is 6.16. The number of hydrogen-bond donors (Lipinski definition) is 0. The van der Waals surface area contributed by atoms with Gasteiger partial charge in [-0.1, -0.05) is 11.8 Å². The molecule has 0 aromatic carbocycles. The molecule has 26 heavy (non-hydrogen) atoms. The van der Waals surface area contributed by atoms with Crippen molar-refractivity contribution in [3.63, 3.8) is 0 Å². The fourth-order valence-electron chi connectivity index (χ4n) is 3.64. The minimum atomic E-state index is -2.97. The van der Waals surface area contributed by atoms with Crippen molar-refractivity contribution in [1.82, 2.24) is 24.8 Å². The van der Waals surface area contributed by atoms with Gasteiger partial charge in [-0.25, -0.2) is 13.1 Å². The molecule has 4 rings (SSSR count). The SMILES string of the molecule is Cc1cc(C(=O)CSc2nnnn2C2CC2)c(C)n1C1CCS(=O)(=O)C1. The van der Waals surface area contributed by atoms with Crippen molar-refractivity contribution in [3.05, 3.63) is 23.0 Å². The van der Waals surface area contributed by atoms with E-state index >= 15 is 0 Å². The molecule has 10 heteroatoms. The second-order valence-electron chi connectivity index (χ2n) is 7.06. The molecule has 2 aromatic heterocycles. The van der Waals surface area contributed by atoms with Gasteiger partial charge >= 0.3 is 0 Å². The lowest BCUT2D eigenvalue weighted by atomic mass is 10.2. The van der Waals surface area contributed by atoms with Crippen molar-refractivity contribution < 1.29 is 13.2 Å². The van der Waals surface area contributed by atoms with Crippen LogP contribution in [0.5, 0.6) is 0 Å². The quantitative estimate of drug-likeness (QED) is 0.543. The Hall–Kier alpha value is -1.68. The molecule has 0 N–H and O–H groups in total. The Labute approximate surface area is 156 Å². The highest BCUT2D eigenvalue weighted by Crippen LogP contribution is 2.36. The van der Waals surface area contributed by atoms with Gasteiger partial charge in [0.05, 0.1) is 23.3 Å². The third-order valence-corrected chi connectivity index (χ3v) is 7.73. The van der Waals surface area contributed by atoms with Crippen LogP contribution in [0.3, 0.4) is 0 Å². The molecule has 1 aliphatic carbocycles. The van der Waals surface area contributed by atoms with E-state index in [0.717, 1.165) is 24.2 Å². The van der Waals surface area contributed by atoms with Gasteiger partial charge in [0.2, 0.25) is 5.16 Å². The van der Waals surface area contributed by atoms with Crippen molar-refractivity contribution in [2.75, 3.05) is 17.3 Å². The zero-order chi connectivity index (χ0) is 18.5. The number of ketones is 1. The van der Waals surface area contributed by atoms with Crippen LogP contribution in [0.2, 0.25) is 0 Å². The summed E-state index contributed by atoms with van der Waals surface area (Å²) in [4.78, 5) is 12.7. The molecule has 1 unspecified atom stereocenters. The van der Waals surface area contributed by atoms with Crippen molar-refractivity contribution in [2.45, 2.75) is 50.4 Å². The Bertz CT molecular complexity index is 959. The third kappa shape index (κ3) is 3.32. The van der Waals surface area contributed by atoms with E-state index in [1.165, 1.54) is 11.8 Å². The summed E-state index contributed by atoms with van der Waals surface area (Å²) in [5, 5.41) is 12.4. The summed E-state index contributed by atoms with van der Waals surface area (Å²) in [6, 6.07) is 2.17. The molecule has 0 amide bonds. The standard InChI is InChI=1S/C16H21N5O3S2/c1-10-7-14(11(2)20(10)13-5-6-26(23,24)9-13)15(22)8-25-16-17-18-19-21(16)12-3-4-12/h7,12-13H,3-6,8-9H2,1-2H3. The van der Waals surface area contributed by atoms with Gasteiger partial charge in [0, 0.05) is 23.0 Å². The summed E-state index contributed by atoms with van der Waals surface area (Å²) in [7, 11) is -2.97. The van der Waals surface area contributed by atoms with Crippen LogP contribution < -0.4 is 0 Å². The normalized spacial score (nSPS) is 22.0. The molecule has 1 aliphatic heterocycles. The van der Waals surface area contributed by atoms with Crippen molar-refractivity contribution in [2.24, 2.45) is 0 Å². The molecule has 0 bridgehead atoms. The average molecular weight is 396 g/mol. The topological polar surface area (TPSA) is 99.7 Å². The summed E-state index contributed by atoms with van der Waals surface area (Å²) in [5.74, 6) is 0.653. The van der Waals surface area contributed by atoms with E-state index in [-0.39, 0.29) is 29.1 Å². The lowest BCUT2D eigenvalue weighted by Crippen LogP contribution is -2.14. The van der Waals surface area contributed by atoms with E-state index in [4.69, 9.17) is 0 Å². The van der Waals surface area contributed by atoms with Crippen LogP contribution in [0.1, 0.15) is 53.1 Å². The molecular weight excluding hydrogens is 374 g/mol. The maximum absolute atomic E-state index is 12.7. The van der Waals surface area contributed by atoms with E-state index in [1.54, 1.807) is 4.68 Å². The molecule has 2 fully saturated rings. The first-order valence-corrected chi connectivity index (χ1v) is 11.5. The zero-order valence-electron chi connectivity index (χ0n) is 14.8. The molecule has 0 spiro atoms. The molecule has 1 saturated heterocycles. The number of hydrogen-bond acceptors (Lipinski definition) is 7. The predicted molar refractivity (Wildman–Crippen MR) is 97.4 cm³/mol. The Kier molecular flexibility index (Phi) is 4.42. The van der Waals surface area contributed by atoms with E-state index < -0.39 is 9.84 Å². The lowest BCUT2D eigenvalue weighted by Gasteiger charge is -2.16. The molecule has 8 nitrogen and oxygen atoms in total. The number of thioether (sulfide) groups is 1. The summed E-state index contributed by atoms with van der Waals surface area (Å²) < 4.78 is 27.4. The van der Waals surface area contributed by atoms with Gasteiger partial charge in [-0.2, -0.15) is 0 Å². The summed E-state index contributed by atoms with van der Waals surface area (Å²) in [5.41, 5.74) is 2.43. The summed E-state index contributed by atoms with van der Waals surface area (Å²) in [6.07, 6.45) is 2.77. The number of aromatic nitrogens is 5. The summed E-state index contributed by atoms with van der Waals surface area (Å²) >= 11 is 1.35. The van der Waals surface area contributed by atoms with Crippen LogP contribution in [-0.2, 0) is 9.84 Å². The molecule has 2 aromatic rings. The summed E-state index contributed by atoms with van der Waals surface area (Å²) in [6.45, 7) is 3.82. The first-order valence-electron chi connectivity index (χ1n) is 8.68. The predicted octanol–water partition coefficient (Wildman–Crippen LogP) is 1.76. The Balaban J connectivity index is 1.50. The first-order chi connectivity index (χ1) is 12.4. The van der Waals surface area contributed by atoms with Gasteiger partial charge in [0.15, 0.2) is 15.6 Å². The molecular formula is C16H21N5O3S2. The van der Waals surface area contributed by atoms with Gasteiger partial charge < -0.3 is 4.57 Å². The van der Waals surface area contributed by atoms with Crippen molar-refractivity contribution in [1.29, 1.82) is 0 Å². The number of nitrogens with zero attached hydrogens (tertiary/aromatic N) is 5. The number of carbonyl (C=O) groups excluding carboxylic acids is 1. The molecule has 0 radical (unpaired) electrons. The van der Waals surface area contributed by atoms with Crippen LogP contribution >= 0.6 is 11.8 Å². The monoisotopic (exact) mass is 395 g/mol. The highest BCUT2D eigenvalue weighted by molar-refractivity contribution is 7.99. The molecule has 1 atom stereocenters. The van der Waals surface area contributed by atoms with E-state index in [2.05, 4.69) is 15.5 Å². The van der Waals surface area contributed by atoms with Gasteiger partial charge in [0.1, 0.15) is 0 Å². The lowest BCUT2D eigenvalue weighted by molar-refractivity contribution is 0.102. The van der Waals surface area contributed by atoms with Crippen LogP contribution in [0.4, 0.5) is 0 Å². The van der Waals surface area contributed by atoms with Crippen LogP contribution in [0, 0.1) is 13.8 Å². The minimum absolute atomic E-state index is 0.0144. The van der Waals surface area contributed by atoms with E-state index in [9.17, 15) is 13.2 Å². The smallest absolute Gasteiger partial charge is 0.210 e. The number of sulfone groups is 1. The number of aryl methyl sites for hydroxylation is 1. The van der Waals surface area contributed by atoms with Gasteiger partial charge in [-0.3, -0.25) is 4.79 Å². The number of rotatable bonds is 6. The second-order valence-corrected chi connectivity index (χ2v) is 10.2. The fraction of sp³-hybridized carbons (Fsp3) is 0.625. The maximum Gasteiger partial charge on any atom is 0.210 e. The molecule has 1 saturated carbocycles.